The number of anilines is 1. The molecule has 2 rings (SSSR count). The summed E-state index contributed by atoms with van der Waals surface area (Å²) in [6, 6.07) is 5.35. The number of hydrogen-bond donors (Lipinski definition) is 1. The number of amides is 2. The van der Waals surface area contributed by atoms with Crippen LogP contribution >= 0.6 is 23.4 Å². The Labute approximate surface area is 139 Å². The third kappa shape index (κ3) is 4.42. The standard InChI is InChI=1S/C15H19ClN4OS/c1-4-22-14-6-5-12(16)7-13(14)18-15(21)19(2)9-11-8-17-20(3)10-11/h5-8,10H,4,9H2,1-3H3,(H,18,21). The van der Waals surface area contributed by atoms with Gasteiger partial charge in [0.2, 0.25) is 0 Å². The second-order valence-corrected chi connectivity index (χ2v) is 6.62. The quantitative estimate of drug-likeness (QED) is 0.842. The van der Waals surface area contributed by atoms with Crippen molar-refractivity contribution in [3.05, 3.63) is 41.2 Å². The van der Waals surface area contributed by atoms with Crippen molar-refractivity contribution < 1.29 is 4.79 Å². The number of nitrogens with zero attached hydrogens (tertiary/aromatic N) is 3. The van der Waals surface area contributed by atoms with Crippen LogP contribution in [0.3, 0.4) is 0 Å². The van der Waals surface area contributed by atoms with Gasteiger partial charge in [-0.1, -0.05) is 18.5 Å². The number of urea groups is 1. The average molecular weight is 339 g/mol. The van der Waals surface area contributed by atoms with E-state index >= 15 is 0 Å². The molecule has 118 valence electrons. The lowest BCUT2D eigenvalue weighted by molar-refractivity contribution is 0.220. The van der Waals surface area contributed by atoms with Crippen LogP contribution in [-0.4, -0.2) is 33.5 Å². The van der Waals surface area contributed by atoms with E-state index in [2.05, 4.69) is 17.3 Å². The van der Waals surface area contributed by atoms with Crippen LogP contribution in [-0.2, 0) is 13.6 Å². The Hall–Kier alpha value is -1.66. The Morgan fingerprint density at radius 2 is 2.27 bits per heavy atom. The highest BCUT2D eigenvalue weighted by Gasteiger charge is 2.13. The fraction of sp³-hybridized carbons (Fsp3) is 0.333. The van der Waals surface area contributed by atoms with Gasteiger partial charge in [-0.3, -0.25) is 4.68 Å². The maximum absolute atomic E-state index is 12.3. The van der Waals surface area contributed by atoms with Gasteiger partial charge in [0.05, 0.1) is 18.4 Å². The fourth-order valence-corrected chi connectivity index (χ4v) is 2.90. The fourth-order valence-electron chi connectivity index (χ4n) is 1.99. The number of rotatable bonds is 5. The van der Waals surface area contributed by atoms with E-state index in [0.29, 0.717) is 11.6 Å². The monoisotopic (exact) mass is 338 g/mol. The van der Waals surface area contributed by atoms with E-state index in [0.717, 1.165) is 21.9 Å². The van der Waals surface area contributed by atoms with Crippen molar-refractivity contribution in [2.75, 3.05) is 18.1 Å². The highest BCUT2D eigenvalue weighted by molar-refractivity contribution is 7.99. The van der Waals surface area contributed by atoms with Crippen molar-refractivity contribution in [1.82, 2.24) is 14.7 Å². The van der Waals surface area contributed by atoms with Crippen LogP contribution in [0.15, 0.2) is 35.5 Å². The summed E-state index contributed by atoms with van der Waals surface area (Å²) in [5.74, 6) is 0.927. The molecule has 1 N–H and O–H groups in total. The first-order valence-corrected chi connectivity index (χ1v) is 8.28. The zero-order chi connectivity index (χ0) is 16.1. The first kappa shape index (κ1) is 16.7. The summed E-state index contributed by atoms with van der Waals surface area (Å²) in [4.78, 5) is 14.9. The lowest BCUT2D eigenvalue weighted by atomic mass is 10.3. The molecule has 0 spiro atoms. The molecule has 0 atom stereocenters. The van der Waals surface area contributed by atoms with E-state index in [1.807, 2.05) is 25.4 Å². The van der Waals surface area contributed by atoms with Crippen molar-refractivity contribution in [2.24, 2.45) is 7.05 Å². The molecule has 1 heterocycles. The summed E-state index contributed by atoms with van der Waals surface area (Å²) in [6.07, 6.45) is 3.64. The number of nitrogens with one attached hydrogen (secondary N) is 1. The largest absolute Gasteiger partial charge is 0.323 e. The van der Waals surface area contributed by atoms with Crippen LogP contribution < -0.4 is 5.32 Å². The number of halogens is 1. The summed E-state index contributed by atoms with van der Waals surface area (Å²) in [7, 11) is 3.60. The SMILES string of the molecule is CCSc1ccc(Cl)cc1NC(=O)N(C)Cc1cnn(C)c1. The van der Waals surface area contributed by atoms with Gasteiger partial charge in [-0.25, -0.2) is 4.79 Å². The average Bonchev–Trinajstić information content (AvgIpc) is 2.87. The van der Waals surface area contributed by atoms with E-state index in [9.17, 15) is 4.79 Å². The van der Waals surface area contributed by atoms with Crippen LogP contribution in [0.1, 0.15) is 12.5 Å². The second kappa shape index (κ2) is 7.56. The molecular weight excluding hydrogens is 320 g/mol. The van der Waals surface area contributed by atoms with Crippen LogP contribution in [0.2, 0.25) is 5.02 Å². The third-order valence-corrected chi connectivity index (χ3v) is 4.20. The smallest absolute Gasteiger partial charge is 0.321 e. The predicted molar refractivity (Wildman–Crippen MR) is 91.5 cm³/mol. The van der Waals surface area contributed by atoms with Gasteiger partial charge < -0.3 is 10.2 Å². The summed E-state index contributed by atoms with van der Waals surface area (Å²) < 4.78 is 1.72. The Bertz CT molecular complexity index is 659. The number of hydrogen-bond acceptors (Lipinski definition) is 3. The summed E-state index contributed by atoms with van der Waals surface area (Å²) in [5.41, 5.74) is 1.72. The van der Waals surface area contributed by atoms with Gasteiger partial charge >= 0.3 is 6.03 Å². The molecule has 0 bridgehead atoms. The molecule has 2 amide bonds. The number of thioether (sulfide) groups is 1. The van der Waals surface area contributed by atoms with Crippen LogP contribution in [0.25, 0.3) is 0 Å². The number of carbonyl (C=O) groups is 1. The molecule has 1 aromatic carbocycles. The summed E-state index contributed by atoms with van der Waals surface area (Å²) in [6.45, 7) is 2.57. The topological polar surface area (TPSA) is 50.2 Å². The number of aryl methyl sites for hydroxylation is 1. The normalized spacial score (nSPS) is 10.5. The summed E-state index contributed by atoms with van der Waals surface area (Å²) in [5, 5.41) is 7.62. The lowest BCUT2D eigenvalue weighted by Crippen LogP contribution is -2.30. The van der Waals surface area contributed by atoms with Gasteiger partial charge in [-0.05, 0) is 24.0 Å². The second-order valence-electron chi connectivity index (χ2n) is 4.88. The minimum Gasteiger partial charge on any atom is -0.323 e. The Kier molecular flexibility index (Phi) is 5.74. The van der Waals surface area contributed by atoms with E-state index < -0.39 is 0 Å². The van der Waals surface area contributed by atoms with Gasteiger partial charge in [-0.15, -0.1) is 11.8 Å². The van der Waals surface area contributed by atoms with E-state index in [4.69, 9.17) is 11.6 Å². The Morgan fingerprint density at radius 3 is 2.91 bits per heavy atom. The maximum atomic E-state index is 12.3. The zero-order valence-electron chi connectivity index (χ0n) is 12.8. The minimum atomic E-state index is -0.177. The van der Waals surface area contributed by atoms with E-state index in [1.54, 1.807) is 40.7 Å². The molecule has 0 saturated heterocycles. The first-order valence-electron chi connectivity index (χ1n) is 6.91. The van der Waals surface area contributed by atoms with Crippen molar-refractivity contribution in [2.45, 2.75) is 18.4 Å². The van der Waals surface area contributed by atoms with Crippen molar-refractivity contribution in [3.8, 4) is 0 Å². The Balaban J connectivity index is 2.06. The molecule has 0 unspecified atom stereocenters. The molecular formula is C15H19ClN4OS. The van der Waals surface area contributed by atoms with Crippen LogP contribution in [0.4, 0.5) is 10.5 Å². The molecule has 0 fully saturated rings. The van der Waals surface area contributed by atoms with Crippen LogP contribution in [0, 0.1) is 0 Å². The van der Waals surface area contributed by atoms with Crippen LogP contribution in [0.5, 0.6) is 0 Å². The molecule has 0 saturated carbocycles. The zero-order valence-corrected chi connectivity index (χ0v) is 14.4. The first-order chi connectivity index (χ1) is 10.5. The molecule has 1 aromatic heterocycles. The van der Waals surface area contributed by atoms with Crippen molar-refractivity contribution in [1.29, 1.82) is 0 Å². The van der Waals surface area contributed by atoms with E-state index in [-0.39, 0.29) is 6.03 Å². The number of aromatic nitrogens is 2. The molecule has 0 radical (unpaired) electrons. The highest BCUT2D eigenvalue weighted by Crippen LogP contribution is 2.30. The van der Waals surface area contributed by atoms with Crippen molar-refractivity contribution >= 4 is 35.1 Å². The number of benzene rings is 1. The lowest BCUT2D eigenvalue weighted by Gasteiger charge is -2.18. The van der Waals surface area contributed by atoms with E-state index in [1.165, 1.54) is 0 Å². The maximum Gasteiger partial charge on any atom is 0.321 e. The predicted octanol–water partition coefficient (Wildman–Crippen LogP) is 3.85. The van der Waals surface area contributed by atoms with Crippen molar-refractivity contribution in [3.63, 3.8) is 0 Å². The third-order valence-electron chi connectivity index (χ3n) is 3.01. The molecule has 5 nitrogen and oxygen atoms in total. The molecule has 0 aliphatic heterocycles. The minimum absolute atomic E-state index is 0.177. The highest BCUT2D eigenvalue weighted by atomic mass is 35.5. The molecule has 2 aromatic rings. The summed E-state index contributed by atoms with van der Waals surface area (Å²) >= 11 is 7.69. The number of carbonyl (C=O) groups excluding carboxylic acids is 1. The Morgan fingerprint density at radius 1 is 1.50 bits per heavy atom. The molecule has 7 heteroatoms. The van der Waals surface area contributed by atoms with Gasteiger partial charge in [0, 0.05) is 35.8 Å². The van der Waals surface area contributed by atoms with Gasteiger partial charge in [0.15, 0.2) is 0 Å². The molecule has 0 aliphatic rings. The molecule has 0 aliphatic carbocycles. The van der Waals surface area contributed by atoms with Gasteiger partial charge in [-0.2, -0.15) is 5.10 Å². The van der Waals surface area contributed by atoms with Gasteiger partial charge in [0.25, 0.3) is 0 Å². The molecule has 22 heavy (non-hydrogen) atoms. The van der Waals surface area contributed by atoms with Gasteiger partial charge in [0.1, 0.15) is 0 Å².